The lowest BCUT2D eigenvalue weighted by Crippen LogP contribution is -2.26. The van der Waals surface area contributed by atoms with Crippen LogP contribution in [-0.2, 0) is 0 Å². The highest BCUT2D eigenvalue weighted by Gasteiger charge is 2.16. The molecule has 116 valence electrons. The van der Waals surface area contributed by atoms with Crippen molar-refractivity contribution in [1.82, 2.24) is 0 Å². The number of unbranched alkanes of at least 4 members (excludes halogenated alkanes) is 11. The van der Waals surface area contributed by atoms with Crippen molar-refractivity contribution >= 4 is 9.24 Å². The van der Waals surface area contributed by atoms with Crippen LogP contribution in [0.25, 0.3) is 0 Å². The molecular formula is C15H33O3P. The topological polar surface area (TPSA) is 60.7 Å². The lowest BCUT2D eigenvalue weighted by Gasteiger charge is -2.12. The van der Waals surface area contributed by atoms with Crippen LogP contribution in [-0.4, -0.2) is 27.5 Å². The summed E-state index contributed by atoms with van der Waals surface area (Å²) >= 11 is 0. The van der Waals surface area contributed by atoms with Crippen molar-refractivity contribution in [3.8, 4) is 0 Å². The largest absolute Gasteiger partial charge is 0.344 e. The van der Waals surface area contributed by atoms with Crippen LogP contribution in [0.5, 0.6) is 0 Å². The third kappa shape index (κ3) is 18.3. The molecule has 4 heteroatoms. The molecule has 0 aromatic rings. The van der Waals surface area contributed by atoms with Crippen LogP contribution in [0.1, 0.15) is 83.5 Å². The molecule has 0 rings (SSSR count). The Hall–Kier alpha value is 0.310. The van der Waals surface area contributed by atoms with Crippen molar-refractivity contribution in [3.63, 3.8) is 0 Å². The van der Waals surface area contributed by atoms with E-state index in [4.69, 9.17) is 15.3 Å². The van der Waals surface area contributed by atoms with Gasteiger partial charge in [-0.25, -0.2) is 0 Å². The zero-order chi connectivity index (χ0) is 14.4. The highest BCUT2D eigenvalue weighted by atomic mass is 31.0. The van der Waals surface area contributed by atoms with E-state index >= 15 is 0 Å². The maximum Gasteiger partial charge on any atom is 0.275 e. The maximum absolute atomic E-state index is 8.70. The summed E-state index contributed by atoms with van der Waals surface area (Å²) in [4.78, 5) is 0. The second-order valence-corrected chi connectivity index (χ2v) is 6.13. The molecular weight excluding hydrogens is 259 g/mol. The van der Waals surface area contributed by atoms with Crippen molar-refractivity contribution in [2.75, 3.05) is 6.16 Å². The number of hydrogen-bond acceptors (Lipinski definition) is 3. The van der Waals surface area contributed by atoms with Crippen LogP contribution in [0.2, 0.25) is 0 Å². The molecule has 0 radical (unpaired) electrons. The Morgan fingerprint density at radius 1 is 0.526 bits per heavy atom. The van der Waals surface area contributed by atoms with Crippen molar-refractivity contribution in [3.05, 3.63) is 0 Å². The first-order valence-electron chi connectivity index (χ1n) is 7.93. The van der Waals surface area contributed by atoms with Gasteiger partial charge in [-0.05, 0) is 19.0 Å². The summed E-state index contributed by atoms with van der Waals surface area (Å²) in [5.41, 5.74) is 0. The SMILES string of the molecule is OC(O)(O)CCCCCCCCCCCCCCP. The van der Waals surface area contributed by atoms with Gasteiger partial charge in [0.15, 0.2) is 0 Å². The minimum atomic E-state index is -2.46. The van der Waals surface area contributed by atoms with Crippen molar-refractivity contribution in [1.29, 1.82) is 0 Å². The summed E-state index contributed by atoms with van der Waals surface area (Å²) < 4.78 is 0. The second-order valence-electron chi connectivity index (χ2n) is 5.56. The Balaban J connectivity index is 2.99. The zero-order valence-electron chi connectivity index (χ0n) is 12.3. The molecule has 0 aliphatic heterocycles. The lowest BCUT2D eigenvalue weighted by molar-refractivity contribution is -0.315. The van der Waals surface area contributed by atoms with Gasteiger partial charge in [0.05, 0.1) is 0 Å². The van der Waals surface area contributed by atoms with Crippen LogP contribution < -0.4 is 0 Å². The van der Waals surface area contributed by atoms with Gasteiger partial charge < -0.3 is 15.3 Å². The number of rotatable bonds is 14. The third-order valence-electron chi connectivity index (χ3n) is 3.47. The lowest BCUT2D eigenvalue weighted by atomic mass is 10.0. The first kappa shape index (κ1) is 19.3. The van der Waals surface area contributed by atoms with Crippen LogP contribution >= 0.6 is 9.24 Å². The Labute approximate surface area is 121 Å². The van der Waals surface area contributed by atoms with Gasteiger partial charge in [0.1, 0.15) is 0 Å². The van der Waals surface area contributed by atoms with Gasteiger partial charge in [-0.3, -0.25) is 0 Å². The first-order chi connectivity index (χ1) is 9.06. The van der Waals surface area contributed by atoms with Gasteiger partial charge in [-0.1, -0.05) is 64.2 Å². The van der Waals surface area contributed by atoms with Crippen LogP contribution in [0.4, 0.5) is 0 Å². The monoisotopic (exact) mass is 292 g/mol. The van der Waals surface area contributed by atoms with Gasteiger partial charge in [0, 0.05) is 6.42 Å². The predicted molar refractivity (Wildman–Crippen MR) is 84.0 cm³/mol. The molecule has 3 nitrogen and oxygen atoms in total. The first-order valence-corrected chi connectivity index (χ1v) is 8.75. The second kappa shape index (κ2) is 13.3. The molecule has 19 heavy (non-hydrogen) atoms. The smallest absolute Gasteiger partial charge is 0.275 e. The molecule has 0 saturated carbocycles. The van der Waals surface area contributed by atoms with E-state index in [0.29, 0.717) is 6.42 Å². The molecule has 0 aliphatic rings. The van der Waals surface area contributed by atoms with Crippen molar-refractivity contribution in [2.45, 2.75) is 89.4 Å². The summed E-state index contributed by atoms with van der Waals surface area (Å²) in [6, 6.07) is 0. The average molecular weight is 292 g/mol. The highest BCUT2D eigenvalue weighted by molar-refractivity contribution is 7.16. The number of hydrogen-bond donors (Lipinski definition) is 3. The molecule has 0 heterocycles. The fourth-order valence-corrected chi connectivity index (χ4v) is 2.56. The van der Waals surface area contributed by atoms with Crippen LogP contribution in [0, 0.1) is 0 Å². The third-order valence-corrected chi connectivity index (χ3v) is 3.87. The Kier molecular flexibility index (Phi) is 13.5. The van der Waals surface area contributed by atoms with Gasteiger partial charge in [0.25, 0.3) is 5.97 Å². The van der Waals surface area contributed by atoms with E-state index in [1.807, 2.05) is 0 Å². The van der Waals surface area contributed by atoms with E-state index in [0.717, 1.165) is 12.8 Å². The van der Waals surface area contributed by atoms with E-state index in [9.17, 15) is 0 Å². The van der Waals surface area contributed by atoms with E-state index in [1.165, 1.54) is 63.9 Å². The summed E-state index contributed by atoms with van der Waals surface area (Å²) in [6.45, 7) is 0. The summed E-state index contributed by atoms with van der Waals surface area (Å²) in [5, 5.41) is 26.1. The standard InChI is InChI=1S/C15H33O3P/c16-15(17,18)13-11-9-7-5-3-1-2-4-6-8-10-12-14-19/h16-18H,1-14,19H2. The van der Waals surface area contributed by atoms with Gasteiger partial charge in [0.2, 0.25) is 0 Å². The average Bonchev–Trinajstić information content (AvgIpc) is 2.34. The maximum atomic E-state index is 8.70. The van der Waals surface area contributed by atoms with E-state index in [2.05, 4.69) is 9.24 Å². The molecule has 3 N–H and O–H groups in total. The zero-order valence-corrected chi connectivity index (χ0v) is 13.5. The molecule has 0 bridgehead atoms. The predicted octanol–water partition coefficient (Wildman–Crippen LogP) is 3.56. The van der Waals surface area contributed by atoms with Crippen LogP contribution in [0.15, 0.2) is 0 Å². The molecule has 0 aromatic heterocycles. The summed E-state index contributed by atoms with van der Waals surface area (Å²) in [6.07, 6.45) is 16.1. The van der Waals surface area contributed by atoms with Crippen molar-refractivity contribution in [2.24, 2.45) is 0 Å². The summed E-state index contributed by atoms with van der Waals surface area (Å²) in [7, 11) is 2.78. The van der Waals surface area contributed by atoms with Gasteiger partial charge in [-0.2, -0.15) is 0 Å². The molecule has 0 spiro atoms. The fraction of sp³-hybridized carbons (Fsp3) is 1.00. The van der Waals surface area contributed by atoms with Gasteiger partial charge >= 0.3 is 0 Å². The summed E-state index contributed by atoms with van der Waals surface area (Å²) in [5.74, 6) is -2.46. The minimum Gasteiger partial charge on any atom is -0.344 e. The van der Waals surface area contributed by atoms with E-state index in [-0.39, 0.29) is 6.42 Å². The van der Waals surface area contributed by atoms with Gasteiger partial charge in [-0.15, -0.1) is 9.24 Å². The number of aliphatic hydroxyl groups is 3. The highest BCUT2D eigenvalue weighted by Crippen LogP contribution is 2.14. The Bertz CT molecular complexity index is 181. The Morgan fingerprint density at radius 3 is 1.16 bits per heavy atom. The molecule has 1 unspecified atom stereocenters. The van der Waals surface area contributed by atoms with E-state index in [1.54, 1.807) is 0 Å². The fourth-order valence-electron chi connectivity index (χ4n) is 2.27. The molecule has 0 saturated heterocycles. The Morgan fingerprint density at radius 2 is 0.842 bits per heavy atom. The quantitative estimate of drug-likeness (QED) is 0.261. The van der Waals surface area contributed by atoms with Crippen molar-refractivity contribution < 1.29 is 15.3 Å². The van der Waals surface area contributed by atoms with Crippen LogP contribution in [0.3, 0.4) is 0 Å². The normalized spacial score (nSPS) is 12.0. The minimum absolute atomic E-state index is 0.0588. The molecule has 0 amide bonds. The molecule has 1 atom stereocenters. The van der Waals surface area contributed by atoms with E-state index < -0.39 is 5.97 Å². The molecule has 0 aromatic carbocycles. The molecule has 0 fully saturated rings. The molecule has 0 aliphatic carbocycles.